The molecule has 0 atom stereocenters. The molecule has 0 bridgehead atoms. The van der Waals surface area contributed by atoms with Gasteiger partial charge in [0.2, 0.25) is 5.91 Å². The summed E-state index contributed by atoms with van der Waals surface area (Å²) >= 11 is 3.28. The van der Waals surface area contributed by atoms with Gasteiger partial charge < -0.3 is 10.0 Å². The van der Waals surface area contributed by atoms with Crippen LogP contribution in [0, 0.1) is 0 Å². The highest BCUT2D eigenvalue weighted by molar-refractivity contribution is 9.10. The van der Waals surface area contributed by atoms with Crippen molar-refractivity contribution in [2.24, 2.45) is 0 Å². The summed E-state index contributed by atoms with van der Waals surface area (Å²) in [7, 11) is 1.55. The number of hydrogen-bond acceptors (Lipinski definition) is 2. The van der Waals surface area contributed by atoms with Crippen LogP contribution in [0.1, 0.15) is 6.42 Å². The van der Waals surface area contributed by atoms with Gasteiger partial charge in [0.05, 0.1) is 0 Å². The second-order valence-electron chi connectivity index (χ2n) is 3.00. The molecule has 0 heterocycles. The molecule has 5 heteroatoms. The quantitative estimate of drug-likeness (QED) is 0.855. The highest BCUT2D eigenvalue weighted by Crippen LogP contribution is 2.19. The number of amides is 1. The lowest BCUT2D eigenvalue weighted by molar-refractivity contribution is -0.140. The number of halogens is 1. The first-order chi connectivity index (χ1) is 7.00. The topological polar surface area (TPSA) is 57.6 Å². The Bertz CT molecular complexity index is 392. The standard InChI is InChI=1S/C10H10BrNO3/c1-12(9(13)6-10(14)15)8-4-2-3-7(11)5-8/h2-5H,6H2,1H3,(H,14,15). The van der Waals surface area contributed by atoms with Crippen molar-refractivity contribution < 1.29 is 14.7 Å². The van der Waals surface area contributed by atoms with Crippen molar-refractivity contribution >= 4 is 33.5 Å². The van der Waals surface area contributed by atoms with Crippen LogP contribution < -0.4 is 4.90 Å². The summed E-state index contributed by atoms with van der Waals surface area (Å²) in [6.07, 6.45) is -0.497. The third kappa shape index (κ3) is 3.36. The van der Waals surface area contributed by atoms with Crippen LogP contribution in [0.15, 0.2) is 28.7 Å². The molecule has 0 spiro atoms. The number of rotatable bonds is 3. The molecule has 0 aliphatic rings. The van der Waals surface area contributed by atoms with E-state index < -0.39 is 18.3 Å². The predicted octanol–water partition coefficient (Wildman–Crippen LogP) is 1.89. The van der Waals surface area contributed by atoms with Gasteiger partial charge in [-0.2, -0.15) is 0 Å². The van der Waals surface area contributed by atoms with Crippen molar-refractivity contribution in [2.75, 3.05) is 11.9 Å². The van der Waals surface area contributed by atoms with Crippen molar-refractivity contribution in [1.82, 2.24) is 0 Å². The summed E-state index contributed by atoms with van der Waals surface area (Å²) in [6.45, 7) is 0. The Kier molecular flexibility index (Phi) is 3.85. The van der Waals surface area contributed by atoms with E-state index in [2.05, 4.69) is 15.9 Å². The molecule has 0 saturated carbocycles. The Balaban J connectivity index is 2.80. The summed E-state index contributed by atoms with van der Waals surface area (Å²) < 4.78 is 0.843. The fraction of sp³-hybridized carbons (Fsp3) is 0.200. The average molecular weight is 272 g/mol. The SMILES string of the molecule is CN(C(=O)CC(=O)O)c1cccc(Br)c1. The smallest absolute Gasteiger partial charge is 0.312 e. The van der Waals surface area contributed by atoms with E-state index in [9.17, 15) is 9.59 Å². The van der Waals surface area contributed by atoms with Gasteiger partial charge in [-0.25, -0.2) is 0 Å². The van der Waals surface area contributed by atoms with Gasteiger partial charge in [0, 0.05) is 17.2 Å². The maximum absolute atomic E-state index is 11.4. The van der Waals surface area contributed by atoms with E-state index in [1.165, 1.54) is 4.90 Å². The molecule has 0 radical (unpaired) electrons. The van der Waals surface area contributed by atoms with Crippen LogP contribution in [0.3, 0.4) is 0 Å². The largest absolute Gasteiger partial charge is 0.481 e. The lowest BCUT2D eigenvalue weighted by atomic mass is 10.3. The molecule has 0 aliphatic heterocycles. The molecule has 0 aromatic heterocycles. The fourth-order valence-electron chi connectivity index (χ4n) is 1.08. The Morgan fingerprint density at radius 1 is 1.47 bits per heavy atom. The maximum atomic E-state index is 11.4. The predicted molar refractivity (Wildman–Crippen MR) is 59.8 cm³/mol. The van der Waals surface area contributed by atoms with Crippen molar-refractivity contribution in [3.8, 4) is 0 Å². The van der Waals surface area contributed by atoms with Crippen molar-refractivity contribution in [3.05, 3.63) is 28.7 Å². The van der Waals surface area contributed by atoms with Crippen LogP contribution >= 0.6 is 15.9 Å². The highest BCUT2D eigenvalue weighted by atomic mass is 79.9. The molecule has 0 fully saturated rings. The number of carbonyl (C=O) groups is 2. The molecular formula is C10H10BrNO3. The zero-order valence-corrected chi connectivity index (χ0v) is 9.69. The van der Waals surface area contributed by atoms with Crippen LogP contribution in [-0.4, -0.2) is 24.0 Å². The summed E-state index contributed by atoms with van der Waals surface area (Å²) in [6, 6.07) is 7.10. The van der Waals surface area contributed by atoms with Gasteiger partial charge in [-0.1, -0.05) is 22.0 Å². The third-order valence-electron chi connectivity index (χ3n) is 1.87. The number of benzene rings is 1. The minimum absolute atomic E-state index is 0.444. The first-order valence-corrected chi connectivity index (χ1v) is 5.04. The van der Waals surface area contributed by atoms with Gasteiger partial charge in [0.15, 0.2) is 0 Å². The maximum Gasteiger partial charge on any atom is 0.312 e. The van der Waals surface area contributed by atoms with Crippen LogP contribution in [-0.2, 0) is 9.59 Å². The average Bonchev–Trinajstić information content (AvgIpc) is 2.15. The third-order valence-corrected chi connectivity index (χ3v) is 2.37. The lowest BCUT2D eigenvalue weighted by Crippen LogP contribution is -2.28. The first kappa shape index (κ1) is 11.7. The van der Waals surface area contributed by atoms with E-state index >= 15 is 0 Å². The minimum Gasteiger partial charge on any atom is -0.481 e. The molecule has 0 unspecified atom stereocenters. The molecular weight excluding hydrogens is 262 g/mol. The van der Waals surface area contributed by atoms with E-state index in [1.54, 1.807) is 25.2 Å². The van der Waals surface area contributed by atoms with Crippen LogP contribution in [0.5, 0.6) is 0 Å². The lowest BCUT2D eigenvalue weighted by Gasteiger charge is -2.16. The molecule has 0 aliphatic carbocycles. The molecule has 1 aromatic rings. The molecule has 1 aromatic carbocycles. The molecule has 4 nitrogen and oxygen atoms in total. The molecule has 1 N–H and O–H groups in total. The summed E-state index contributed by atoms with van der Waals surface area (Å²) in [5.41, 5.74) is 0.663. The molecule has 1 rings (SSSR count). The van der Waals surface area contributed by atoms with Gasteiger partial charge in [0.25, 0.3) is 0 Å². The van der Waals surface area contributed by atoms with E-state index in [-0.39, 0.29) is 0 Å². The fourth-order valence-corrected chi connectivity index (χ4v) is 1.46. The number of carbonyl (C=O) groups excluding carboxylic acids is 1. The Morgan fingerprint density at radius 2 is 2.13 bits per heavy atom. The number of nitrogens with zero attached hydrogens (tertiary/aromatic N) is 1. The Morgan fingerprint density at radius 3 is 2.67 bits per heavy atom. The zero-order valence-electron chi connectivity index (χ0n) is 8.11. The van der Waals surface area contributed by atoms with Gasteiger partial charge in [0.1, 0.15) is 6.42 Å². The monoisotopic (exact) mass is 271 g/mol. The second kappa shape index (κ2) is 4.93. The van der Waals surface area contributed by atoms with Crippen molar-refractivity contribution in [1.29, 1.82) is 0 Å². The zero-order chi connectivity index (χ0) is 11.4. The molecule has 0 saturated heterocycles. The van der Waals surface area contributed by atoms with Gasteiger partial charge in [-0.05, 0) is 18.2 Å². The van der Waals surface area contributed by atoms with E-state index in [1.807, 2.05) is 6.07 Å². The van der Waals surface area contributed by atoms with Gasteiger partial charge in [-0.15, -0.1) is 0 Å². The highest BCUT2D eigenvalue weighted by Gasteiger charge is 2.14. The summed E-state index contributed by atoms with van der Waals surface area (Å²) in [5.74, 6) is -1.57. The second-order valence-corrected chi connectivity index (χ2v) is 3.92. The van der Waals surface area contributed by atoms with E-state index in [4.69, 9.17) is 5.11 Å². The van der Waals surface area contributed by atoms with Gasteiger partial charge >= 0.3 is 5.97 Å². The van der Waals surface area contributed by atoms with Crippen LogP contribution in [0.2, 0.25) is 0 Å². The van der Waals surface area contributed by atoms with Crippen LogP contribution in [0.4, 0.5) is 5.69 Å². The Labute approximate surface area is 95.6 Å². The van der Waals surface area contributed by atoms with Crippen molar-refractivity contribution in [2.45, 2.75) is 6.42 Å². The molecule has 80 valence electrons. The first-order valence-electron chi connectivity index (χ1n) is 4.24. The van der Waals surface area contributed by atoms with Crippen LogP contribution in [0.25, 0.3) is 0 Å². The number of carboxylic acids is 1. The Hall–Kier alpha value is -1.36. The number of carboxylic acid groups (broad SMARTS) is 1. The van der Waals surface area contributed by atoms with Gasteiger partial charge in [-0.3, -0.25) is 9.59 Å². The van der Waals surface area contributed by atoms with Crippen molar-refractivity contribution in [3.63, 3.8) is 0 Å². The normalized spacial score (nSPS) is 9.73. The number of hydrogen-bond donors (Lipinski definition) is 1. The summed E-state index contributed by atoms with van der Waals surface area (Å²) in [5, 5.41) is 8.48. The number of anilines is 1. The molecule has 15 heavy (non-hydrogen) atoms. The van der Waals surface area contributed by atoms with E-state index in [0.29, 0.717) is 5.69 Å². The molecule has 1 amide bonds. The minimum atomic E-state index is -1.12. The summed E-state index contributed by atoms with van der Waals surface area (Å²) in [4.78, 5) is 23.1. The van der Waals surface area contributed by atoms with E-state index in [0.717, 1.165) is 4.47 Å². The number of aliphatic carboxylic acids is 1.